The van der Waals surface area contributed by atoms with Crippen LogP contribution in [0.1, 0.15) is 10.4 Å². The summed E-state index contributed by atoms with van der Waals surface area (Å²) in [5, 5.41) is 13.4. The zero-order valence-electron chi connectivity index (χ0n) is 16.0. The maximum absolute atomic E-state index is 13.2. The highest BCUT2D eigenvalue weighted by Gasteiger charge is 2.13. The van der Waals surface area contributed by atoms with E-state index in [1.165, 1.54) is 44.2 Å². The van der Waals surface area contributed by atoms with Crippen LogP contribution in [0, 0.1) is 5.82 Å². The number of ether oxygens (including phenoxy) is 2. The summed E-state index contributed by atoms with van der Waals surface area (Å²) < 4.78 is 24.1. The van der Waals surface area contributed by atoms with E-state index < -0.39 is 11.7 Å². The third kappa shape index (κ3) is 5.67. The molecule has 1 heterocycles. The SMILES string of the molecule is COc1ccc(NC(=O)CSc2nnc(NC(=O)c3cccc(F)c3)s2)cc1OC. The Bertz CT molecular complexity index is 1060. The molecule has 0 unspecified atom stereocenters. The van der Waals surface area contributed by atoms with Crippen molar-refractivity contribution in [3.05, 3.63) is 53.8 Å². The lowest BCUT2D eigenvalue weighted by molar-refractivity contribution is -0.113. The molecule has 11 heteroatoms. The summed E-state index contributed by atoms with van der Waals surface area (Å²) in [6.07, 6.45) is 0. The third-order valence-corrected chi connectivity index (χ3v) is 5.68. The van der Waals surface area contributed by atoms with Crippen molar-refractivity contribution in [2.75, 3.05) is 30.6 Å². The summed E-state index contributed by atoms with van der Waals surface area (Å²) in [6.45, 7) is 0. The number of methoxy groups -OCH3 is 2. The molecule has 3 aromatic rings. The Morgan fingerprint density at radius 1 is 1.07 bits per heavy atom. The van der Waals surface area contributed by atoms with Gasteiger partial charge < -0.3 is 14.8 Å². The van der Waals surface area contributed by atoms with Gasteiger partial charge in [0.05, 0.1) is 20.0 Å². The number of halogens is 1. The number of thioether (sulfide) groups is 1. The van der Waals surface area contributed by atoms with Crippen LogP contribution in [-0.4, -0.2) is 42.0 Å². The van der Waals surface area contributed by atoms with Crippen LogP contribution in [0.4, 0.5) is 15.2 Å². The highest BCUT2D eigenvalue weighted by Crippen LogP contribution is 2.30. The van der Waals surface area contributed by atoms with E-state index in [2.05, 4.69) is 20.8 Å². The van der Waals surface area contributed by atoms with E-state index in [4.69, 9.17) is 9.47 Å². The number of nitrogens with zero attached hydrogens (tertiary/aromatic N) is 2. The fraction of sp³-hybridized carbons (Fsp3) is 0.158. The first-order valence-electron chi connectivity index (χ1n) is 8.53. The molecule has 0 atom stereocenters. The van der Waals surface area contributed by atoms with E-state index in [-0.39, 0.29) is 22.4 Å². The van der Waals surface area contributed by atoms with Crippen LogP contribution in [0.2, 0.25) is 0 Å². The molecule has 0 saturated carbocycles. The van der Waals surface area contributed by atoms with Crippen molar-refractivity contribution in [1.29, 1.82) is 0 Å². The van der Waals surface area contributed by atoms with E-state index in [0.29, 0.717) is 21.5 Å². The summed E-state index contributed by atoms with van der Waals surface area (Å²) in [7, 11) is 3.04. The Morgan fingerprint density at radius 2 is 1.87 bits per heavy atom. The van der Waals surface area contributed by atoms with Crippen LogP contribution in [0.3, 0.4) is 0 Å². The molecular formula is C19H17FN4O4S2. The fourth-order valence-electron chi connectivity index (χ4n) is 2.36. The molecule has 1 aromatic heterocycles. The molecule has 0 radical (unpaired) electrons. The van der Waals surface area contributed by atoms with Gasteiger partial charge in [-0.25, -0.2) is 4.39 Å². The minimum atomic E-state index is -0.503. The predicted molar refractivity (Wildman–Crippen MR) is 113 cm³/mol. The predicted octanol–water partition coefficient (Wildman–Crippen LogP) is 3.68. The smallest absolute Gasteiger partial charge is 0.257 e. The lowest BCUT2D eigenvalue weighted by Crippen LogP contribution is -2.14. The molecule has 0 aliphatic carbocycles. The second-order valence-corrected chi connectivity index (χ2v) is 7.94. The van der Waals surface area contributed by atoms with Crippen molar-refractivity contribution in [1.82, 2.24) is 10.2 Å². The van der Waals surface area contributed by atoms with Crippen molar-refractivity contribution in [3.63, 3.8) is 0 Å². The van der Waals surface area contributed by atoms with Gasteiger partial charge in [0.15, 0.2) is 15.8 Å². The summed E-state index contributed by atoms with van der Waals surface area (Å²) in [5.74, 6) is -0.0731. The first-order chi connectivity index (χ1) is 14.5. The van der Waals surface area contributed by atoms with Gasteiger partial charge in [-0.1, -0.05) is 29.2 Å². The number of anilines is 2. The highest BCUT2D eigenvalue weighted by molar-refractivity contribution is 8.01. The van der Waals surface area contributed by atoms with Crippen LogP contribution < -0.4 is 20.1 Å². The molecule has 2 amide bonds. The quantitative estimate of drug-likeness (QED) is 0.400. The molecule has 2 aromatic carbocycles. The summed E-state index contributed by atoms with van der Waals surface area (Å²) >= 11 is 2.30. The molecule has 8 nitrogen and oxygen atoms in total. The first kappa shape index (κ1) is 21.5. The van der Waals surface area contributed by atoms with Gasteiger partial charge in [-0.15, -0.1) is 10.2 Å². The third-order valence-electron chi connectivity index (χ3n) is 3.71. The van der Waals surface area contributed by atoms with Gasteiger partial charge in [-0.05, 0) is 30.3 Å². The average Bonchev–Trinajstić information content (AvgIpc) is 3.19. The second kappa shape index (κ2) is 10.0. The minimum Gasteiger partial charge on any atom is -0.493 e. The summed E-state index contributed by atoms with van der Waals surface area (Å²) in [6, 6.07) is 10.4. The number of carbonyl (C=O) groups is 2. The molecule has 0 saturated heterocycles. The van der Waals surface area contributed by atoms with Crippen molar-refractivity contribution < 1.29 is 23.5 Å². The van der Waals surface area contributed by atoms with Crippen molar-refractivity contribution in [2.24, 2.45) is 0 Å². The van der Waals surface area contributed by atoms with Crippen molar-refractivity contribution in [2.45, 2.75) is 4.34 Å². The topological polar surface area (TPSA) is 102 Å². The highest BCUT2D eigenvalue weighted by atomic mass is 32.2. The van der Waals surface area contributed by atoms with Gasteiger partial charge in [0, 0.05) is 17.3 Å². The molecular weight excluding hydrogens is 431 g/mol. The van der Waals surface area contributed by atoms with Crippen LogP contribution in [0.5, 0.6) is 11.5 Å². The zero-order valence-corrected chi connectivity index (χ0v) is 17.6. The van der Waals surface area contributed by atoms with Crippen molar-refractivity contribution in [3.8, 4) is 11.5 Å². The van der Waals surface area contributed by atoms with E-state index >= 15 is 0 Å². The van der Waals surface area contributed by atoms with Gasteiger partial charge in [0.1, 0.15) is 5.82 Å². The number of carbonyl (C=O) groups excluding carboxylic acids is 2. The monoisotopic (exact) mass is 448 g/mol. The number of amides is 2. The molecule has 0 aliphatic heterocycles. The van der Waals surface area contributed by atoms with Gasteiger partial charge in [0.25, 0.3) is 5.91 Å². The van der Waals surface area contributed by atoms with Crippen LogP contribution >= 0.6 is 23.1 Å². The normalized spacial score (nSPS) is 10.4. The Balaban J connectivity index is 1.52. The Morgan fingerprint density at radius 3 is 2.60 bits per heavy atom. The van der Waals surface area contributed by atoms with E-state index in [1.54, 1.807) is 18.2 Å². The molecule has 0 spiro atoms. The van der Waals surface area contributed by atoms with Gasteiger partial charge >= 0.3 is 0 Å². The molecule has 0 fully saturated rings. The molecule has 30 heavy (non-hydrogen) atoms. The average molecular weight is 449 g/mol. The number of hydrogen-bond acceptors (Lipinski definition) is 8. The molecule has 0 bridgehead atoms. The number of benzene rings is 2. The number of nitrogens with one attached hydrogen (secondary N) is 2. The van der Waals surface area contributed by atoms with E-state index in [0.717, 1.165) is 17.4 Å². The summed E-state index contributed by atoms with van der Waals surface area (Å²) in [5.41, 5.74) is 0.743. The number of rotatable bonds is 8. The zero-order chi connectivity index (χ0) is 21.5. The minimum absolute atomic E-state index is 0.0980. The fourth-order valence-corrected chi connectivity index (χ4v) is 3.90. The van der Waals surface area contributed by atoms with Crippen LogP contribution in [0.15, 0.2) is 46.8 Å². The van der Waals surface area contributed by atoms with Gasteiger partial charge in [0.2, 0.25) is 11.0 Å². The lowest BCUT2D eigenvalue weighted by atomic mass is 10.2. The maximum Gasteiger partial charge on any atom is 0.257 e. The largest absolute Gasteiger partial charge is 0.493 e. The van der Waals surface area contributed by atoms with Crippen molar-refractivity contribution >= 4 is 45.7 Å². The molecule has 3 rings (SSSR count). The second-order valence-electron chi connectivity index (χ2n) is 5.74. The van der Waals surface area contributed by atoms with Gasteiger partial charge in [-0.2, -0.15) is 0 Å². The number of aromatic nitrogens is 2. The Labute approximate surface area is 179 Å². The first-order valence-corrected chi connectivity index (χ1v) is 10.3. The number of hydrogen-bond donors (Lipinski definition) is 2. The molecule has 156 valence electrons. The van der Waals surface area contributed by atoms with Gasteiger partial charge in [-0.3, -0.25) is 14.9 Å². The standard InChI is InChI=1S/C19H17FN4O4S2/c1-27-14-7-6-13(9-15(14)28-2)21-16(25)10-29-19-24-23-18(30-19)22-17(26)11-4-3-5-12(20)8-11/h3-9H,10H2,1-2H3,(H,21,25)(H,22,23,26). The van der Waals surface area contributed by atoms with E-state index in [1.807, 2.05) is 0 Å². The van der Waals surface area contributed by atoms with Crippen LogP contribution in [-0.2, 0) is 4.79 Å². The maximum atomic E-state index is 13.2. The van der Waals surface area contributed by atoms with E-state index in [9.17, 15) is 14.0 Å². The molecule has 0 aliphatic rings. The van der Waals surface area contributed by atoms with Crippen LogP contribution in [0.25, 0.3) is 0 Å². The lowest BCUT2D eigenvalue weighted by Gasteiger charge is -2.10. The summed E-state index contributed by atoms with van der Waals surface area (Å²) in [4.78, 5) is 24.3. The Hall–Kier alpha value is -3.18. The molecule has 2 N–H and O–H groups in total. The Kier molecular flexibility index (Phi) is 7.20.